The summed E-state index contributed by atoms with van der Waals surface area (Å²) in [6.45, 7) is 8.59. The summed E-state index contributed by atoms with van der Waals surface area (Å²) >= 11 is 0. The molecule has 0 saturated carbocycles. The van der Waals surface area contributed by atoms with Gasteiger partial charge in [0.15, 0.2) is 0 Å². The van der Waals surface area contributed by atoms with Crippen LogP contribution < -0.4 is 0 Å². The second-order valence-corrected chi connectivity index (χ2v) is 5.22. The standard InChI is InChI=1S/C13H25NO2/c1-12-4-8-16-13(11-12)3-2-5-14-6-9-15-10-7-14/h12-13H,2-11H2,1H3/t12-,13?/m1/s1. The van der Waals surface area contributed by atoms with Crippen molar-refractivity contribution in [3.05, 3.63) is 0 Å². The minimum absolute atomic E-state index is 0.532. The van der Waals surface area contributed by atoms with E-state index in [1.165, 1.54) is 32.2 Å². The van der Waals surface area contributed by atoms with Crippen LogP contribution in [0.5, 0.6) is 0 Å². The van der Waals surface area contributed by atoms with Gasteiger partial charge in [-0.15, -0.1) is 0 Å². The lowest BCUT2D eigenvalue weighted by atomic mass is 9.95. The first kappa shape index (κ1) is 12.3. The van der Waals surface area contributed by atoms with Crippen LogP contribution in [-0.4, -0.2) is 50.5 Å². The van der Waals surface area contributed by atoms with E-state index >= 15 is 0 Å². The Balaban J connectivity index is 1.56. The Kier molecular flexibility index (Phi) is 5.07. The van der Waals surface area contributed by atoms with Gasteiger partial charge in [-0.2, -0.15) is 0 Å². The molecule has 2 atom stereocenters. The van der Waals surface area contributed by atoms with Gasteiger partial charge in [0.05, 0.1) is 19.3 Å². The Morgan fingerprint density at radius 1 is 1.19 bits per heavy atom. The van der Waals surface area contributed by atoms with E-state index < -0.39 is 0 Å². The fourth-order valence-electron chi connectivity index (χ4n) is 2.64. The molecule has 2 aliphatic heterocycles. The van der Waals surface area contributed by atoms with Crippen LogP contribution in [0.1, 0.15) is 32.6 Å². The molecule has 0 bridgehead atoms. The zero-order chi connectivity index (χ0) is 11.2. The number of hydrogen-bond donors (Lipinski definition) is 0. The van der Waals surface area contributed by atoms with E-state index in [1.54, 1.807) is 0 Å². The van der Waals surface area contributed by atoms with Crippen LogP contribution in [-0.2, 0) is 9.47 Å². The van der Waals surface area contributed by atoms with Crippen molar-refractivity contribution in [2.75, 3.05) is 39.5 Å². The number of hydrogen-bond acceptors (Lipinski definition) is 3. The first-order valence-corrected chi connectivity index (χ1v) is 6.76. The second kappa shape index (κ2) is 6.58. The van der Waals surface area contributed by atoms with Crippen LogP contribution >= 0.6 is 0 Å². The molecule has 3 heteroatoms. The maximum absolute atomic E-state index is 5.79. The van der Waals surface area contributed by atoms with E-state index in [2.05, 4.69) is 11.8 Å². The molecule has 3 nitrogen and oxygen atoms in total. The van der Waals surface area contributed by atoms with Gasteiger partial charge in [-0.05, 0) is 38.1 Å². The van der Waals surface area contributed by atoms with Crippen molar-refractivity contribution in [1.82, 2.24) is 4.90 Å². The lowest BCUT2D eigenvalue weighted by Crippen LogP contribution is -2.37. The second-order valence-electron chi connectivity index (χ2n) is 5.22. The molecule has 0 spiro atoms. The summed E-state index contributed by atoms with van der Waals surface area (Å²) < 4.78 is 11.1. The summed E-state index contributed by atoms with van der Waals surface area (Å²) in [4.78, 5) is 2.51. The maximum Gasteiger partial charge on any atom is 0.0594 e. The normalized spacial score (nSPS) is 32.8. The predicted octanol–water partition coefficient (Wildman–Crippen LogP) is 1.91. The molecule has 16 heavy (non-hydrogen) atoms. The van der Waals surface area contributed by atoms with Gasteiger partial charge in [0.1, 0.15) is 0 Å². The molecule has 2 rings (SSSR count). The number of morpholine rings is 1. The SMILES string of the molecule is C[C@@H]1CCOC(CCCN2CCOCC2)C1. The van der Waals surface area contributed by atoms with Gasteiger partial charge in [-0.3, -0.25) is 4.90 Å². The van der Waals surface area contributed by atoms with E-state index in [4.69, 9.17) is 9.47 Å². The van der Waals surface area contributed by atoms with Crippen molar-refractivity contribution in [3.63, 3.8) is 0 Å². The highest BCUT2D eigenvalue weighted by Crippen LogP contribution is 2.22. The van der Waals surface area contributed by atoms with Crippen molar-refractivity contribution >= 4 is 0 Å². The van der Waals surface area contributed by atoms with E-state index in [9.17, 15) is 0 Å². The average molecular weight is 227 g/mol. The quantitative estimate of drug-likeness (QED) is 0.732. The largest absolute Gasteiger partial charge is 0.379 e. The first-order chi connectivity index (χ1) is 7.84. The zero-order valence-electron chi connectivity index (χ0n) is 10.5. The Labute approximate surface area is 99.1 Å². The van der Waals surface area contributed by atoms with Gasteiger partial charge in [-0.1, -0.05) is 6.92 Å². The summed E-state index contributed by atoms with van der Waals surface area (Å²) in [5.74, 6) is 0.863. The molecular formula is C13H25NO2. The molecule has 0 aromatic heterocycles. The summed E-state index contributed by atoms with van der Waals surface area (Å²) in [6, 6.07) is 0. The van der Waals surface area contributed by atoms with Crippen LogP contribution in [0.15, 0.2) is 0 Å². The fourth-order valence-corrected chi connectivity index (χ4v) is 2.64. The van der Waals surface area contributed by atoms with Crippen LogP contribution in [0.25, 0.3) is 0 Å². The Bertz CT molecular complexity index is 192. The zero-order valence-corrected chi connectivity index (χ0v) is 10.5. The van der Waals surface area contributed by atoms with Crippen molar-refractivity contribution in [2.45, 2.75) is 38.7 Å². The molecule has 0 aromatic carbocycles. The predicted molar refractivity (Wildman–Crippen MR) is 64.6 cm³/mol. The van der Waals surface area contributed by atoms with Gasteiger partial charge in [0, 0.05) is 19.7 Å². The highest BCUT2D eigenvalue weighted by atomic mass is 16.5. The van der Waals surface area contributed by atoms with Crippen LogP contribution in [0.4, 0.5) is 0 Å². The van der Waals surface area contributed by atoms with Gasteiger partial charge >= 0.3 is 0 Å². The van der Waals surface area contributed by atoms with Crippen molar-refractivity contribution in [1.29, 1.82) is 0 Å². The van der Waals surface area contributed by atoms with Gasteiger partial charge in [0.25, 0.3) is 0 Å². The average Bonchev–Trinajstić information content (AvgIpc) is 2.30. The highest BCUT2D eigenvalue weighted by Gasteiger charge is 2.19. The third kappa shape index (κ3) is 4.04. The lowest BCUT2D eigenvalue weighted by Gasteiger charge is -2.29. The first-order valence-electron chi connectivity index (χ1n) is 6.76. The van der Waals surface area contributed by atoms with Gasteiger partial charge in [-0.25, -0.2) is 0 Å². The number of rotatable bonds is 4. The van der Waals surface area contributed by atoms with Crippen molar-refractivity contribution < 1.29 is 9.47 Å². The van der Waals surface area contributed by atoms with Gasteiger partial charge < -0.3 is 9.47 Å². The molecule has 2 heterocycles. The van der Waals surface area contributed by atoms with Crippen molar-refractivity contribution in [3.8, 4) is 0 Å². The topological polar surface area (TPSA) is 21.7 Å². The molecular weight excluding hydrogens is 202 g/mol. The Morgan fingerprint density at radius 3 is 2.75 bits per heavy atom. The molecule has 2 saturated heterocycles. The molecule has 0 aromatic rings. The summed E-state index contributed by atoms with van der Waals surface area (Å²) in [6.07, 6.45) is 5.56. The minimum Gasteiger partial charge on any atom is -0.379 e. The van der Waals surface area contributed by atoms with Crippen molar-refractivity contribution in [2.24, 2.45) is 5.92 Å². The van der Waals surface area contributed by atoms with Crippen LogP contribution in [0.3, 0.4) is 0 Å². The molecule has 0 N–H and O–H groups in total. The smallest absolute Gasteiger partial charge is 0.0594 e. The maximum atomic E-state index is 5.79. The highest BCUT2D eigenvalue weighted by molar-refractivity contribution is 4.70. The molecule has 0 amide bonds. The van der Waals surface area contributed by atoms with E-state index in [0.29, 0.717) is 6.10 Å². The molecule has 0 radical (unpaired) electrons. The third-order valence-corrected chi connectivity index (χ3v) is 3.73. The summed E-state index contributed by atoms with van der Waals surface area (Å²) in [5, 5.41) is 0. The number of ether oxygens (including phenoxy) is 2. The summed E-state index contributed by atoms with van der Waals surface area (Å²) in [7, 11) is 0. The van der Waals surface area contributed by atoms with Gasteiger partial charge in [0.2, 0.25) is 0 Å². The molecule has 2 fully saturated rings. The van der Waals surface area contributed by atoms with E-state index in [0.717, 1.165) is 38.8 Å². The van der Waals surface area contributed by atoms with Crippen LogP contribution in [0, 0.1) is 5.92 Å². The Hall–Kier alpha value is -0.120. The summed E-state index contributed by atoms with van der Waals surface area (Å²) in [5.41, 5.74) is 0. The van der Waals surface area contributed by atoms with Crippen LogP contribution in [0.2, 0.25) is 0 Å². The molecule has 94 valence electrons. The third-order valence-electron chi connectivity index (χ3n) is 3.73. The minimum atomic E-state index is 0.532. The van der Waals surface area contributed by atoms with E-state index in [1.807, 2.05) is 0 Å². The monoisotopic (exact) mass is 227 g/mol. The van der Waals surface area contributed by atoms with E-state index in [-0.39, 0.29) is 0 Å². The molecule has 2 aliphatic rings. The molecule has 0 aliphatic carbocycles. The lowest BCUT2D eigenvalue weighted by molar-refractivity contribution is -0.0139. The molecule has 1 unspecified atom stereocenters. The number of nitrogens with zero attached hydrogens (tertiary/aromatic N) is 1. The fraction of sp³-hybridized carbons (Fsp3) is 1.00. The Morgan fingerprint density at radius 2 is 2.00 bits per heavy atom.